The second-order valence-corrected chi connectivity index (χ2v) is 4.80. The molecular formula is C11H14BrNO4. The van der Waals surface area contributed by atoms with Crippen molar-refractivity contribution in [3.63, 3.8) is 0 Å². The van der Waals surface area contributed by atoms with E-state index in [4.69, 9.17) is 9.47 Å². The summed E-state index contributed by atoms with van der Waals surface area (Å²) in [5.74, 6) is 0.485. The summed E-state index contributed by atoms with van der Waals surface area (Å²) in [6, 6.07) is 4.86. The first kappa shape index (κ1) is 13.9. The molecule has 0 aromatic heterocycles. The van der Waals surface area contributed by atoms with Crippen molar-refractivity contribution < 1.29 is 14.4 Å². The Labute approximate surface area is 108 Å². The molecule has 0 saturated heterocycles. The van der Waals surface area contributed by atoms with Crippen molar-refractivity contribution in [2.45, 2.75) is 11.2 Å². The van der Waals surface area contributed by atoms with Crippen molar-refractivity contribution in [1.82, 2.24) is 0 Å². The van der Waals surface area contributed by atoms with Gasteiger partial charge in [-0.25, -0.2) is 0 Å². The number of nitro groups is 1. The van der Waals surface area contributed by atoms with Gasteiger partial charge >= 0.3 is 0 Å². The molecule has 0 aliphatic rings. The van der Waals surface area contributed by atoms with Gasteiger partial charge in [-0.1, -0.05) is 15.9 Å². The van der Waals surface area contributed by atoms with E-state index in [0.29, 0.717) is 24.3 Å². The lowest BCUT2D eigenvalue weighted by Crippen LogP contribution is -2.11. The number of hydrogen-bond donors (Lipinski definition) is 0. The van der Waals surface area contributed by atoms with Gasteiger partial charge in [-0.15, -0.1) is 0 Å². The van der Waals surface area contributed by atoms with E-state index >= 15 is 0 Å². The third-order valence-electron chi connectivity index (χ3n) is 2.28. The van der Waals surface area contributed by atoms with Gasteiger partial charge in [0.2, 0.25) is 0 Å². The summed E-state index contributed by atoms with van der Waals surface area (Å²) < 4.78 is 9.95. The zero-order valence-electron chi connectivity index (χ0n) is 9.68. The van der Waals surface area contributed by atoms with Crippen molar-refractivity contribution in [1.29, 1.82) is 0 Å². The molecule has 0 aliphatic heterocycles. The largest absolute Gasteiger partial charge is 0.497 e. The zero-order chi connectivity index (χ0) is 12.8. The maximum absolute atomic E-state index is 10.9. The Morgan fingerprint density at radius 2 is 2.18 bits per heavy atom. The molecule has 1 rings (SSSR count). The Bertz CT molecular complexity index is 397. The molecule has 0 radical (unpaired) electrons. The van der Waals surface area contributed by atoms with Crippen molar-refractivity contribution in [2.75, 3.05) is 20.8 Å². The van der Waals surface area contributed by atoms with Gasteiger partial charge in [-0.05, 0) is 18.6 Å². The van der Waals surface area contributed by atoms with Crippen molar-refractivity contribution in [3.8, 4) is 5.75 Å². The second kappa shape index (κ2) is 6.56. The van der Waals surface area contributed by atoms with E-state index in [-0.39, 0.29) is 10.5 Å². The molecule has 0 aliphatic carbocycles. The minimum absolute atomic E-state index is 0.0552. The number of benzene rings is 1. The average molecular weight is 304 g/mol. The van der Waals surface area contributed by atoms with E-state index in [0.717, 1.165) is 0 Å². The Morgan fingerprint density at radius 3 is 2.71 bits per heavy atom. The molecule has 1 aromatic rings. The van der Waals surface area contributed by atoms with Crippen LogP contribution in [0.15, 0.2) is 18.2 Å². The molecule has 5 nitrogen and oxygen atoms in total. The highest BCUT2D eigenvalue weighted by Gasteiger charge is 2.17. The third-order valence-corrected chi connectivity index (χ3v) is 2.87. The van der Waals surface area contributed by atoms with Crippen molar-refractivity contribution in [2.24, 2.45) is 0 Å². The summed E-state index contributed by atoms with van der Waals surface area (Å²) in [7, 11) is 3.08. The number of halogens is 1. The molecule has 1 unspecified atom stereocenters. The van der Waals surface area contributed by atoms with E-state index in [1.807, 2.05) is 0 Å². The molecule has 17 heavy (non-hydrogen) atoms. The monoisotopic (exact) mass is 303 g/mol. The highest BCUT2D eigenvalue weighted by Crippen LogP contribution is 2.26. The Hall–Kier alpha value is -1.14. The van der Waals surface area contributed by atoms with Crippen molar-refractivity contribution >= 4 is 21.6 Å². The number of alkyl halides is 1. The third kappa shape index (κ3) is 3.98. The molecule has 0 bridgehead atoms. The van der Waals surface area contributed by atoms with Gasteiger partial charge in [0.05, 0.1) is 24.7 Å². The van der Waals surface area contributed by atoms with Crippen LogP contribution in [0.5, 0.6) is 5.75 Å². The topological polar surface area (TPSA) is 61.6 Å². The predicted molar refractivity (Wildman–Crippen MR) is 67.9 cm³/mol. The number of nitrogens with zero attached hydrogens (tertiary/aromatic N) is 1. The molecular weight excluding hydrogens is 290 g/mol. The molecule has 1 aromatic carbocycles. The van der Waals surface area contributed by atoms with Crippen LogP contribution in [0.25, 0.3) is 0 Å². The summed E-state index contributed by atoms with van der Waals surface area (Å²) in [5.41, 5.74) is 0.736. The highest BCUT2D eigenvalue weighted by molar-refractivity contribution is 9.09. The van der Waals surface area contributed by atoms with Crippen LogP contribution in [0, 0.1) is 10.1 Å². The Morgan fingerprint density at radius 1 is 1.47 bits per heavy atom. The number of hydrogen-bond acceptors (Lipinski definition) is 4. The van der Waals surface area contributed by atoms with Gasteiger partial charge in [0, 0.05) is 17.5 Å². The highest BCUT2D eigenvalue weighted by atomic mass is 79.9. The van der Waals surface area contributed by atoms with Gasteiger partial charge in [0.15, 0.2) is 0 Å². The first-order valence-corrected chi connectivity index (χ1v) is 5.94. The zero-order valence-corrected chi connectivity index (χ0v) is 11.3. The van der Waals surface area contributed by atoms with Crippen LogP contribution in [0.1, 0.15) is 5.56 Å². The first-order valence-electron chi connectivity index (χ1n) is 5.02. The summed E-state index contributed by atoms with van der Waals surface area (Å²) in [5, 5.41) is 10.9. The lowest BCUT2D eigenvalue weighted by atomic mass is 10.1. The predicted octanol–water partition coefficient (Wildman–Crippen LogP) is 2.56. The summed E-state index contributed by atoms with van der Waals surface area (Å²) in [6.45, 7) is 0.503. The van der Waals surface area contributed by atoms with Crippen LogP contribution in [0.3, 0.4) is 0 Å². The van der Waals surface area contributed by atoms with E-state index < -0.39 is 4.92 Å². The number of nitro benzene ring substituents is 1. The summed E-state index contributed by atoms with van der Waals surface area (Å²) >= 11 is 3.41. The standard InChI is InChI=1S/C11H14BrNO4/c1-16-7-9(12)5-8-3-4-10(17-2)6-11(8)13(14)15/h3-4,6,9H,5,7H2,1-2H3. The smallest absolute Gasteiger partial charge is 0.276 e. The van der Waals surface area contributed by atoms with Gasteiger partial charge < -0.3 is 9.47 Å². The van der Waals surface area contributed by atoms with E-state index in [1.54, 1.807) is 19.2 Å². The van der Waals surface area contributed by atoms with Gasteiger partial charge in [0.1, 0.15) is 5.75 Å². The summed E-state index contributed by atoms with van der Waals surface area (Å²) in [6.07, 6.45) is 0.536. The van der Waals surface area contributed by atoms with Crippen LogP contribution in [-0.4, -0.2) is 30.6 Å². The number of ether oxygens (including phenoxy) is 2. The Kier molecular flexibility index (Phi) is 5.37. The maximum Gasteiger partial charge on any atom is 0.276 e. The fraction of sp³-hybridized carbons (Fsp3) is 0.455. The first-order chi connectivity index (χ1) is 8.08. The second-order valence-electron chi connectivity index (χ2n) is 3.51. The number of rotatable bonds is 6. The lowest BCUT2D eigenvalue weighted by molar-refractivity contribution is -0.385. The molecule has 94 valence electrons. The van der Waals surface area contributed by atoms with Crippen LogP contribution in [0.2, 0.25) is 0 Å². The minimum atomic E-state index is -0.398. The Balaban J connectivity index is 2.94. The van der Waals surface area contributed by atoms with E-state index in [2.05, 4.69) is 15.9 Å². The van der Waals surface area contributed by atoms with Gasteiger partial charge in [-0.3, -0.25) is 10.1 Å². The number of methoxy groups -OCH3 is 2. The molecule has 0 heterocycles. The van der Waals surface area contributed by atoms with Crippen molar-refractivity contribution in [3.05, 3.63) is 33.9 Å². The van der Waals surface area contributed by atoms with E-state index in [1.165, 1.54) is 13.2 Å². The molecule has 6 heteroatoms. The van der Waals surface area contributed by atoms with E-state index in [9.17, 15) is 10.1 Å². The molecule has 0 amide bonds. The fourth-order valence-electron chi connectivity index (χ4n) is 1.49. The average Bonchev–Trinajstić information content (AvgIpc) is 2.29. The molecule has 0 N–H and O–H groups in total. The molecule has 0 saturated carbocycles. The van der Waals surface area contributed by atoms with Gasteiger partial charge in [-0.2, -0.15) is 0 Å². The van der Waals surface area contributed by atoms with Crippen LogP contribution >= 0.6 is 15.9 Å². The lowest BCUT2D eigenvalue weighted by Gasteiger charge is -2.09. The van der Waals surface area contributed by atoms with Gasteiger partial charge in [0.25, 0.3) is 5.69 Å². The van der Waals surface area contributed by atoms with Crippen LogP contribution < -0.4 is 4.74 Å². The molecule has 0 fully saturated rings. The maximum atomic E-state index is 10.9. The molecule has 0 spiro atoms. The van der Waals surface area contributed by atoms with Crippen LogP contribution in [-0.2, 0) is 11.2 Å². The summed E-state index contributed by atoms with van der Waals surface area (Å²) in [4.78, 5) is 10.6. The quantitative estimate of drug-likeness (QED) is 0.460. The minimum Gasteiger partial charge on any atom is -0.497 e. The fourth-order valence-corrected chi connectivity index (χ4v) is 2.10. The normalized spacial score (nSPS) is 12.2. The van der Waals surface area contributed by atoms with Crippen LogP contribution in [0.4, 0.5) is 5.69 Å². The molecule has 1 atom stereocenters. The SMILES string of the molecule is COCC(Br)Cc1ccc(OC)cc1[N+](=O)[O-].